The molecule has 0 bridgehead atoms. The van der Waals surface area contributed by atoms with Gasteiger partial charge in [-0.15, -0.1) is 11.6 Å². The van der Waals surface area contributed by atoms with Crippen LogP contribution in [0.25, 0.3) is 10.8 Å². The second-order valence-electron chi connectivity index (χ2n) is 3.54. The van der Waals surface area contributed by atoms with Gasteiger partial charge in [0.15, 0.2) is 0 Å². The van der Waals surface area contributed by atoms with Gasteiger partial charge in [0.2, 0.25) is 5.91 Å². The molecule has 5 nitrogen and oxygen atoms in total. The molecule has 0 fully saturated rings. The van der Waals surface area contributed by atoms with E-state index in [9.17, 15) is 9.59 Å². The van der Waals surface area contributed by atoms with Crippen molar-refractivity contribution in [1.82, 2.24) is 10.3 Å². The van der Waals surface area contributed by atoms with Gasteiger partial charge in [0.05, 0.1) is 5.69 Å². The summed E-state index contributed by atoms with van der Waals surface area (Å²) >= 11 is 5.29. The predicted octanol–water partition coefficient (Wildman–Crippen LogP) is 2.12. The number of amides is 3. The number of benzene rings is 1. The summed E-state index contributed by atoms with van der Waals surface area (Å²) in [6, 6.07) is 6.67. The molecule has 6 heteroatoms. The van der Waals surface area contributed by atoms with Crippen molar-refractivity contribution >= 4 is 40.0 Å². The molecular weight excluding hydrogens is 254 g/mol. The molecule has 2 rings (SSSR count). The van der Waals surface area contributed by atoms with E-state index in [1.54, 1.807) is 24.5 Å². The third-order valence-electron chi connectivity index (χ3n) is 2.31. The van der Waals surface area contributed by atoms with Gasteiger partial charge in [-0.3, -0.25) is 15.1 Å². The minimum absolute atomic E-state index is 0.259. The Kier molecular flexibility index (Phi) is 3.74. The standard InChI is InChI=1S/C12H10ClN3O2/c13-6-11(17)16-12(18)15-10-3-1-2-8-4-5-14-7-9(8)10/h1-5,7H,6H2,(H2,15,16,17,18). The summed E-state index contributed by atoms with van der Waals surface area (Å²) in [4.78, 5) is 26.5. The van der Waals surface area contributed by atoms with Crippen molar-refractivity contribution in [2.45, 2.75) is 0 Å². The molecule has 1 aromatic carbocycles. The minimum atomic E-state index is -0.614. The number of fused-ring (bicyclic) bond motifs is 1. The quantitative estimate of drug-likeness (QED) is 0.816. The van der Waals surface area contributed by atoms with Crippen LogP contribution in [0.5, 0.6) is 0 Å². The zero-order valence-electron chi connectivity index (χ0n) is 9.31. The molecular formula is C12H10ClN3O2. The number of imide groups is 1. The lowest BCUT2D eigenvalue weighted by molar-refractivity contribution is -0.117. The summed E-state index contributed by atoms with van der Waals surface area (Å²) in [6.07, 6.45) is 3.32. The van der Waals surface area contributed by atoms with Crippen LogP contribution >= 0.6 is 11.6 Å². The summed E-state index contributed by atoms with van der Waals surface area (Å²) in [5, 5.41) is 6.43. The van der Waals surface area contributed by atoms with Gasteiger partial charge in [-0.1, -0.05) is 12.1 Å². The summed E-state index contributed by atoms with van der Waals surface area (Å²) in [6.45, 7) is 0. The van der Waals surface area contributed by atoms with Gasteiger partial charge < -0.3 is 5.32 Å². The number of anilines is 1. The van der Waals surface area contributed by atoms with Crippen molar-refractivity contribution in [2.75, 3.05) is 11.2 Å². The van der Waals surface area contributed by atoms with E-state index in [4.69, 9.17) is 11.6 Å². The van der Waals surface area contributed by atoms with Gasteiger partial charge in [0, 0.05) is 17.8 Å². The van der Waals surface area contributed by atoms with Crippen LogP contribution in [0.2, 0.25) is 0 Å². The van der Waals surface area contributed by atoms with Crippen LogP contribution in [0.3, 0.4) is 0 Å². The van der Waals surface area contributed by atoms with Gasteiger partial charge in [-0.05, 0) is 17.5 Å². The Balaban J connectivity index is 2.21. The second kappa shape index (κ2) is 5.46. The molecule has 92 valence electrons. The highest BCUT2D eigenvalue weighted by molar-refractivity contribution is 6.28. The first-order valence-corrected chi connectivity index (χ1v) is 5.73. The summed E-state index contributed by atoms with van der Waals surface area (Å²) < 4.78 is 0. The first kappa shape index (κ1) is 12.3. The SMILES string of the molecule is O=C(CCl)NC(=O)Nc1cccc2ccncc12. The number of carbonyl (C=O) groups is 2. The van der Waals surface area contributed by atoms with E-state index >= 15 is 0 Å². The number of hydrogen-bond donors (Lipinski definition) is 2. The summed E-state index contributed by atoms with van der Waals surface area (Å²) in [5.41, 5.74) is 0.584. The Hall–Kier alpha value is -2.14. The first-order valence-electron chi connectivity index (χ1n) is 5.20. The third kappa shape index (κ3) is 2.75. The minimum Gasteiger partial charge on any atom is -0.307 e. The fourth-order valence-corrected chi connectivity index (χ4v) is 1.60. The number of nitrogens with one attached hydrogen (secondary N) is 2. The van der Waals surface area contributed by atoms with Crippen molar-refractivity contribution in [3.63, 3.8) is 0 Å². The Labute approximate surface area is 108 Å². The molecule has 0 atom stereocenters. The maximum Gasteiger partial charge on any atom is 0.325 e. The molecule has 0 radical (unpaired) electrons. The highest BCUT2D eigenvalue weighted by Gasteiger charge is 2.08. The van der Waals surface area contributed by atoms with Crippen molar-refractivity contribution in [2.24, 2.45) is 0 Å². The van der Waals surface area contributed by atoms with Crippen LogP contribution in [0.1, 0.15) is 0 Å². The largest absolute Gasteiger partial charge is 0.325 e. The molecule has 18 heavy (non-hydrogen) atoms. The molecule has 2 aromatic rings. The van der Waals surface area contributed by atoms with E-state index in [0.29, 0.717) is 5.69 Å². The van der Waals surface area contributed by atoms with Crippen molar-refractivity contribution in [3.8, 4) is 0 Å². The zero-order chi connectivity index (χ0) is 13.0. The van der Waals surface area contributed by atoms with Crippen molar-refractivity contribution in [3.05, 3.63) is 36.7 Å². The van der Waals surface area contributed by atoms with E-state index < -0.39 is 11.9 Å². The summed E-state index contributed by atoms with van der Waals surface area (Å²) in [7, 11) is 0. The van der Waals surface area contributed by atoms with Crippen LogP contribution in [0.4, 0.5) is 10.5 Å². The molecule has 0 aliphatic heterocycles. The van der Waals surface area contributed by atoms with Crippen LogP contribution in [-0.4, -0.2) is 22.8 Å². The fraction of sp³-hybridized carbons (Fsp3) is 0.0833. The molecule has 0 unspecified atom stereocenters. The average Bonchev–Trinajstić information content (AvgIpc) is 2.39. The van der Waals surface area contributed by atoms with Crippen molar-refractivity contribution < 1.29 is 9.59 Å². The van der Waals surface area contributed by atoms with E-state index in [0.717, 1.165) is 10.8 Å². The Morgan fingerprint density at radius 2 is 2.11 bits per heavy atom. The topological polar surface area (TPSA) is 71.1 Å². The Bertz CT molecular complexity index is 595. The van der Waals surface area contributed by atoms with Gasteiger partial charge in [-0.2, -0.15) is 0 Å². The lowest BCUT2D eigenvalue weighted by Gasteiger charge is -2.08. The van der Waals surface area contributed by atoms with Gasteiger partial charge in [-0.25, -0.2) is 4.79 Å². The number of carbonyl (C=O) groups excluding carboxylic acids is 2. The predicted molar refractivity (Wildman–Crippen MR) is 69.6 cm³/mol. The Morgan fingerprint density at radius 3 is 2.89 bits per heavy atom. The monoisotopic (exact) mass is 263 g/mol. The van der Waals surface area contributed by atoms with Crippen molar-refractivity contribution in [1.29, 1.82) is 0 Å². The molecule has 3 amide bonds. The van der Waals surface area contributed by atoms with Crippen LogP contribution < -0.4 is 10.6 Å². The number of urea groups is 1. The Morgan fingerprint density at radius 1 is 1.28 bits per heavy atom. The molecule has 1 aromatic heterocycles. The number of hydrogen-bond acceptors (Lipinski definition) is 3. The molecule has 0 saturated carbocycles. The summed E-state index contributed by atoms with van der Waals surface area (Å²) in [5.74, 6) is -0.808. The number of pyridine rings is 1. The number of rotatable bonds is 2. The lowest BCUT2D eigenvalue weighted by Crippen LogP contribution is -2.35. The van der Waals surface area contributed by atoms with Gasteiger partial charge >= 0.3 is 6.03 Å². The smallest absolute Gasteiger partial charge is 0.307 e. The highest BCUT2D eigenvalue weighted by Crippen LogP contribution is 2.21. The van der Waals surface area contributed by atoms with Gasteiger partial charge in [0.25, 0.3) is 0 Å². The molecule has 1 heterocycles. The average molecular weight is 264 g/mol. The third-order valence-corrected chi connectivity index (χ3v) is 2.55. The van der Waals surface area contributed by atoms with Gasteiger partial charge in [0.1, 0.15) is 5.88 Å². The van der Waals surface area contributed by atoms with E-state index in [1.165, 1.54) is 0 Å². The maximum atomic E-state index is 11.5. The molecule has 0 aliphatic carbocycles. The van der Waals surface area contributed by atoms with Crippen LogP contribution in [0, 0.1) is 0 Å². The molecule has 0 saturated heterocycles. The number of alkyl halides is 1. The maximum absolute atomic E-state index is 11.5. The molecule has 0 aliphatic rings. The molecule has 0 spiro atoms. The van der Waals surface area contributed by atoms with E-state index in [1.807, 2.05) is 12.1 Å². The lowest BCUT2D eigenvalue weighted by atomic mass is 10.1. The fourth-order valence-electron chi connectivity index (χ4n) is 1.54. The van der Waals surface area contributed by atoms with Crippen LogP contribution in [-0.2, 0) is 4.79 Å². The number of aromatic nitrogens is 1. The highest BCUT2D eigenvalue weighted by atomic mass is 35.5. The van der Waals surface area contributed by atoms with E-state index in [-0.39, 0.29) is 5.88 Å². The number of halogens is 1. The second-order valence-corrected chi connectivity index (χ2v) is 3.81. The zero-order valence-corrected chi connectivity index (χ0v) is 10.1. The number of nitrogens with zero attached hydrogens (tertiary/aromatic N) is 1. The molecule has 2 N–H and O–H groups in total. The normalized spacial score (nSPS) is 10.1. The van der Waals surface area contributed by atoms with E-state index in [2.05, 4.69) is 15.6 Å². The first-order chi connectivity index (χ1) is 8.70. The van der Waals surface area contributed by atoms with Crippen LogP contribution in [0.15, 0.2) is 36.7 Å².